The largest absolute Gasteiger partial charge is 0.469 e. The highest BCUT2D eigenvalue weighted by Crippen LogP contribution is 2.28. The summed E-state index contributed by atoms with van der Waals surface area (Å²) in [5, 5.41) is 5.51. The van der Waals surface area contributed by atoms with Crippen molar-refractivity contribution in [3.63, 3.8) is 0 Å². The van der Waals surface area contributed by atoms with E-state index < -0.39 is 0 Å². The van der Waals surface area contributed by atoms with Crippen molar-refractivity contribution in [1.82, 2.24) is 10.3 Å². The molecule has 3 aromatic heterocycles. The zero-order valence-electron chi connectivity index (χ0n) is 12.6. The molecule has 4 aromatic rings. The van der Waals surface area contributed by atoms with Gasteiger partial charge in [-0.15, -0.1) is 22.7 Å². The predicted octanol–water partition coefficient (Wildman–Crippen LogP) is 4.51. The lowest BCUT2D eigenvalue weighted by Gasteiger charge is -2.13. The summed E-state index contributed by atoms with van der Waals surface area (Å²) in [4.78, 5) is 18.0. The van der Waals surface area contributed by atoms with Crippen LogP contribution in [0.15, 0.2) is 64.6 Å². The van der Waals surface area contributed by atoms with Gasteiger partial charge in [0.25, 0.3) is 5.91 Å². The molecule has 0 aliphatic carbocycles. The minimum Gasteiger partial charge on any atom is -0.469 e. The number of para-hydroxylation sites is 1. The Hall–Kier alpha value is -2.44. The van der Waals surface area contributed by atoms with Crippen LogP contribution in [-0.2, 0) is 0 Å². The Bertz CT molecular complexity index is 875. The van der Waals surface area contributed by atoms with Crippen molar-refractivity contribution in [1.29, 1.82) is 0 Å². The summed E-state index contributed by atoms with van der Waals surface area (Å²) < 4.78 is 6.56. The number of fused-ring (bicyclic) bond motifs is 1. The van der Waals surface area contributed by atoms with Crippen LogP contribution in [0.2, 0.25) is 0 Å². The van der Waals surface area contributed by atoms with Gasteiger partial charge in [-0.2, -0.15) is 0 Å². The molecule has 3 heterocycles. The Balaban J connectivity index is 1.52. The number of nitrogens with zero attached hydrogens (tertiary/aromatic N) is 1. The van der Waals surface area contributed by atoms with E-state index in [1.165, 1.54) is 11.3 Å². The van der Waals surface area contributed by atoms with Crippen molar-refractivity contribution >= 4 is 38.8 Å². The fourth-order valence-corrected chi connectivity index (χ4v) is 4.28. The number of hydrogen-bond acceptors (Lipinski definition) is 5. The summed E-state index contributed by atoms with van der Waals surface area (Å²) in [6.07, 6.45) is 1.66. The Morgan fingerprint density at radius 1 is 1.17 bits per heavy atom. The highest BCUT2D eigenvalue weighted by Gasteiger charge is 2.20. The molecule has 6 heteroatoms. The van der Waals surface area contributed by atoms with E-state index in [0.29, 0.717) is 11.6 Å². The zero-order valence-corrected chi connectivity index (χ0v) is 14.3. The number of nitrogens with one attached hydrogen (secondary N) is 1. The first-order chi connectivity index (χ1) is 11.8. The summed E-state index contributed by atoms with van der Waals surface area (Å²) >= 11 is 3.06. The molecule has 0 aliphatic heterocycles. The highest BCUT2D eigenvalue weighted by atomic mass is 32.1. The molecule has 0 bridgehead atoms. The van der Waals surface area contributed by atoms with Crippen LogP contribution < -0.4 is 5.32 Å². The summed E-state index contributed by atoms with van der Waals surface area (Å²) in [7, 11) is 0. The van der Waals surface area contributed by atoms with Crippen molar-refractivity contribution in [3.8, 4) is 0 Å². The first-order valence-corrected chi connectivity index (χ1v) is 9.21. The second-order valence-corrected chi connectivity index (χ2v) is 7.29. The van der Waals surface area contributed by atoms with Gasteiger partial charge in [0.2, 0.25) is 0 Å². The maximum Gasteiger partial charge on any atom is 0.280 e. The molecule has 1 atom stereocenters. The average molecular weight is 354 g/mol. The molecule has 24 heavy (non-hydrogen) atoms. The van der Waals surface area contributed by atoms with Crippen molar-refractivity contribution in [2.45, 2.75) is 5.92 Å². The number of rotatable bonds is 5. The van der Waals surface area contributed by atoms with Gasteiger partial charge in [-0.25, -0.2) is 4.98 Å². The number of carbonyl (C=O) groups is 1. The molecule has 4 nitrogen and oxygen atoms in total. The molecule has 0 aliphatic rings. The van der Waals surface area contributed by atoms with Crippen LogP contribution in [0.3, 0.4) is 0 Å². The van der Waals surface area contributed by atoms with Crippen molar-refractivity contribution < 1.29 is 9.21 Å². The van der Waals surface area contributed by atoms with Gasteiger partial charge in [-0.1, -0.05) is 18.2 Å². The molecule has 120 valence electrons. The average Bonchev–Trinajstić information content (AvgIpc) is 3.35. The smallest absolute Gasteiger partial charge is 0.280 e. The van der Waals surface area contributed by atoms with E-state index in [1.807, 2.05) is 47.8 Å². The number of benzene rings is 1. The molecule has 0 unspecified atom stereocenters. The summed E-state index contributed by atoms with van der Waals surface area (Å²) in [6.45, 7) is 0.475. The Kier molecular flexibility index (Phi) is 4.15. The lowest BCUT2D eigenvalue weighted by atomic mass is 10.0. The van der Waals surface area contributed by atoms with Crippen LogP contribution in [0.5, 0.6) is 0 Å². The monoisotopic (exact) mass is 354 g/mol. The van der Waals surface area contributed by atoms with Crippen LogP contribution in [0.25, 0.3) is 10.2 Å². The molecule has 1 amide bonds. The lowest BCUT2D eigenvalue weighted by Crippen LogP contribution is -2.28. The van der Waals surface area contributed by atoms with E-state index in [2.05, 4.69) is 16.4 Å². The maximum atomic E-state index is 12.5. The quantitative estimate of drug-likeness (QED) is 0.573. The second kappa shape index (κ2) is 6.59. The fourth-order valence-electron chi connectivity index (χ4n) is 2.56. The van der Waals surface area contributed by atoms with E-state index in [1.54, 1.807) is 17.6 Å². The number of aromatic nitrogens is 1. The zero-order chi connectivity index (χ0) is 16.4. The predicted molar refractivity (Wildman–Crippen MR) is 96.8 cm³/mol. The normalized spacial score (nSPS) is 12.3. The second-order valence-electron chi connectivity index (χ2n) is 5.28. The van der Waals surface area contributed by atoms with Gasteiger partial charge in [0.05, 0.1) is 22.4 Å². The van der Waals surface area contributed by atoms with Crippen LogP contribution in [0.4, 0.5) is 0 Å². The van der Waals surface area contributed by atoms with Gasteiger partial charge >= 0.3 is 0 Å². The van der Waals surface area contributed by atoms with Crippen molar-refractivity contribution in [3.05, 3.63) is 75.8 Å². The van der Waals surface area contributed by atoms with Crippen LogP contribution in [0.1, 0.15) is 26.4 Å². The number of furan rings is 1. The van der Waals surface area contributed by atoms with Gasteiger partial charge in [0.15, 0.2) is 5.01 Å². The van der Waals surface area contributed by atoms with E-state index >= 15 is 0 Å². The van der Waals surface area contributed by atoms with Gasteiger partial charge in [0.1, 0.15) is 5.76 Å². The summed E-state index contributed by atoms with van der Waals surface area (Å²) in [5.74, 6) is 0.713. The van der Waals surface area contributed by atoms with E-state index in [-0.39, 0.29) is 11.8 Å². The number of thiazole rings is 1. The Labute approximate surface area is 146 Å². The standard InChI is InChI=1S/C18H14N2O2S2/c21-17(18-20-13-5-1-2-7-16(13)24-18)19-11-12(14-6-3-9-22-14)15-8-4-10-23-15/h1-10,12H,11H2,(H,19,21)/t12-/m1/s1. The van der Waals surface area contributed by atoms with Crippen LogP contribution in [-0.4, -0.2) is 17.4 Å². The van der Waals surface area contributed by atoms with Gasteiger partial charge in [-0.05, 0) is 35.7 Å². The van der Waals surface area contributed by atoms with Gasteiger partial charge in [0, 0.05) is 11.4 Å². The molecule has 0 radical (unpaired) electrons. The fraction of sp³-hybridized carbons (Fsp3) is 0.111. The van der Waals surface area contributed by atoms with Crippen molar-refractivity contribution in [2.24, 2.45) is 0 Å². The number of hydrogen-bond donors (Lipinski definition) is 1. The third-order valence-corrected chi connectivity index (χ3v) is 5.75. The molecule has 1 N–H and O–H groups in total. The van der Waals surface area contributed by atoms with E-state index in [0.717, 1.165) is 20.9 Å². The van der Waals surface area contributed by atoms with Gasteiger partial charge in [-0.3, -0.25) is 4.79 Å². The SMILES string of the molecule is O=C(NC[C@H](c1ccco1)c1cccs1)c1nc2ccccc2s1. The Morgan fingerprint density at radius 3 is 2.83 bits per heavy atom. The van der Waals surface area contributed by atoms with Gasteiger partial charge < -0.3 is 9.73 Å². The molecule has 4 rings (SSSR count). The van der Waals surface area contributed by atoms with Crippen LogP contribution in [0, 0.1) is 0 Å². The number of carbonyl (C=O) groups excluding carboxylic acids is 1. The highest BCUT2D eigenvalue weighted by molar-refractivity contribution is 7.20. The molecular weight excluding hydrogens is 340 g/mol. The molecular formula is C18H14N2O2S2. The van der Waals surface area contributed by atoms with E-state index in [4.69, 9.17) is 4.42 Å². The minimum absolute atomic E-state index is 0.0123. The van der Waals surface area contributed by atoms with Crippen molar-refractivity contribution in [2.75, 3.05) is 6.54 Å². The molecule has 0 fully saturated rings. The first kappa shape index (κ1) is 15.1. The summed E-state index contributed by atoms with van der Waals surface area (Å²) in [6, 6.07) is 15.6. The molecule has 0 saturated heterocycles. The maximum absolute atomic E-state index is 12.5. The Morgan fingerprint density at radius 2 is 2.08 bits per heavy atom. The lowest BCUT2D eigenvalue weighted by molar-refractivity contribution is 0.0951. The third-order valence-electron chi connectivity index (χ3n) is 3.73. The third kappa shape index (κ3) is 2.98. The topological polar surface area (TPSA) is 55.1 Å². The van der Waals surface area contributed by atoms with Crippen LogP contribution >= 0.6 is 22.7 Å². The minimum atomic E-state index is -0.149. The molecule has 0 saturated carbocycles. The van der Waals surface area contributed by atoms with E-state index in [9.17, 15) is 4.79 Å². The summed E-state index contributed by atoms with van der Waals surface area (Å²) in [5.41, 5.74) is 0.855. The number of thiophene rings is 1. The molecule has 0 spiro atoms. The molecule has 1 aromatic carbocycles. The number of amides is 1. The first-order valence-electron chi connectivity index (χ1n) is 7.52.